The lowest BCUT2D eigenvalue weighted by Crippen LogP contribution is -2.60. The maximum atomic E-state index is 13.2. The molecular weight excluding hydrogens is 606 g/mol. The van der Waals surface area contributed by atoms with Gasteiger partial charge in [0.25, 0.3) is 5.91 Å². The molecule has 0 spiro atoms. The standard InChI is InChI=1S/C31H48BrN3O5S/c1-4-5-6-7-8-9-10-11-12-13-19-40-28(36)22-26-30(38)33-17-18-35(26)31(41)34-29(37)25-21-24(32)14-15-27(25)39-20-16-23(2)3/h14-15,21,23,26H,4-13,16-20,22H2,1-3H3,(H,33,38)(H,34,37,41). The Morgan fingerprint density at radius 2 is 1.73 bits per heavy atom. The quantitative estimate of drug-likeness (QED) is 0.105. The Morgan fingerprint density at radius 3 is 2.39 bits per heavy atom. The normalized spacial score (nSPS) is 15.0. The van der Waals surface area contributed by atoms with Gasteiger partial charge in [0.05, 0.1) is 25.2 Å². The lowest BCUT2D eigenvalue weighted by molar-refractivity contribution is -0.147. The summed E-state index contributed by atoms with van der Waals surface area (Å²) in [6.07, 6.45) is 12.7. The number of rotatable bonds is 18. The number of esters is 1. The van der Waals surface area contributed by atoms with E-state index >= 15 is 0 Å². The molecule has 1 aliphatic heterocycles. The van der Waals surface area contributed by atoms with Crippen LogP contribution >= 0.6 is 28.1 Å². The highest BCUT2D eigenvalue weighted by Gasteiger charge is 2.34. The maximum Gasteiger partial charge on any atom is 0.308 e. The topological polar surface area (TPSA) is 97.0 Å². The van der Waals surface area contributed by atoms with E-state index < -0.39 is 17.9 Å². The molecule has 8 nitrogen and oxygen atoms in total. The number of unbranched alkanes of at least 4 members (excludes halogenated alkanes) is 9. The van der Waals surface area contributed by atoms with E-state index in [9.17, 15) is 14.4 Å². The number of amides is 2. The Bertz CT molecular complexity index is 991. The van der Waals surface area contributed by atoms with Crippen LogP contribution in [0.15, 0.2) is 22.7 Å². The minimum atomic E-state index is -0.846. The van der Waals surface area contributed by atoms with Crippen molar-refractivity contribution in [1.29, 1.82) is 0 Å². The molecule has 230 valence electrons. The van der Waals surface area contributed by atoms with E-state index in [1.165, 1.54) is 44.9 Å². The van der Waals surface area contributed by atoms with Crippen LogP contribution in [0.5, 0.6) is 5.75 Å². The van der Waals surface area contributed by atoms with Crippen molar-refractivity contribution in [2.45, 2.75) is 104 Å². The van der Waals surface area contributed by atoms with Crippen LogP contribution in [-0.4, -0.2) is 60.1 Å². The summed E-state index contributed by atoms with van der Waals surface area (Å²) in [7, 11) is 0. The summed E-state index contributed by atoms with van der Waals surface area (Å²) in [5.74, 6) is -0.278. The molecule has 0 aliphatic carbocycles. The van der Waals surface area contributed by atoms with Crippen molar-refractivity contribution >= 4 is 51.0 Å². The van der Waals surface area contributed by atoms with Crippen molar-refractivity contribution in [2.24, 2.45) is 5.92 Å². The molecule has 0 bridgehead atoms. The van der Waals surface area contributed by atoms with Gasteiger partial charge in [0, 0.05) is 17.6 Å². The largest absolute Gasteiger partial charge is 0.493 e. The Kier molecular flexibility index (Phi) is 16.9. The smallest absolute Gasteiger partial charge is 0.308 e. The average molecular weight is 655 g/mol. The predicted octanol–water partition coefficient (Wildman–Crippen LogP) is 6.54. The summed E-state index contributed by atoms with van der Waals surface area (Å²) >= 11 is 8.94. The highest BCUT2D eigenvalue weighted by Crippen LogP contribution is 2.24. The van der Waals surface area contributed by atoms with Gasteiger partial charge in [-0.15, -0.1) is 0 Å². The number of nitrogens with zero attached hydrogens (tertiary/aromatic N) is 1. The molecule has 2 amide bonds. The van der Waals surface area contributed by atoms with E-state index in [0.717, 1.165) is 30.2 Å². The minimum absolute atomic E-state index is 0.0884. The first-order valence-electron chi connectivity index (χ1n) is 15.2. The number of carbonyl (C=O) groups is 3. The Morgan fingerprint density at radius 1 is 1.07 bits per heavy atom. The number of halogens is 1. The van der Waals surface area contributed by atoms with Gasteiger partial charge in [-0.1, -0.05) is 94.5 Å². The fraction of sp³-hybridized carbons (Fsp3) is 0.677. The van der Waals surface area contributed by atoms with Gasteiger partial charge >= 0.3 is 5.97 Å². The highest BCUT2D eigenvalue weighted by atomic mass is 79.9. The lowest BCUT2D eigenvalue weighted by atomic mass is 10.1. The zero-order chi connectivity index (χ0) is 30.0. The van der Waals surface area contributed by atoms with Gasteiger partial charge in [-0.2, -0.15) is 0 Å². The molecule has 0 saturated carbocycles. The summed E-state index contributed by atoms with van der Waals surface area (Å²) in [5, 5.41) is 5.60. The van der Waals surface area contributed by atoms with Crippen LogP contribution in [0.2, 0.25) is 0 Å². The number of thiocarbonyl (C=S) groups is 1. The number of ether oxygens (including phenoxy) is 2. The van der Waals surface area contributed by atoms with E-state index in [1.807, 2.05) is 6.07 Å². The second-order valence-corrected chi connectivity index (χ2v) is 12.3. The molecule has 1 atom stereocenters. The molecule has 10 heteroatoms. The molecule has 1 aromatic rings. The van der Waals surface area contributed by atoms with Gasteiger partial charge in [0.1, 0.15) is 11.8 Å². The van der Waals surface area contributed by atoms with E-state index in [-0.39, 0.29) is 17.4 Å². The number of hydrogen-bond donors (Lipinski definition) is 2. The summed E-state index contributed by atoms with van der Waals surface area (Å²) in [5.41, 5.74) is 0.333. The third-order valence-corrected chi connectivity index (χ3v) is 7.90. The Labute approximate surface area is 259 Å². The second kappa shape index (κ2) is 19.8. The van der Waals surface area contributed by atoms with Crippen LogP contribution in [0.4, 0.5) is 0 Å². The average Bonchev–Trinajstić information content (AvgIpc) is 2.93. The van der Waals surface area contributed by atoms with E-state index in [2.05, 4.69) is 47.3 Å². The van der Waals surface area contributed by atoms with Gasteiger partial charge < -0.3 is 19.7 Å². The number of hydrogen-bond acceptors (Lipinski definition) is 6. The van der Waals surface area contributed by atoms with Crippen molar-refractivity contribution < 1.29 is 23.9 Å². The summed E-state index contributed by atoms with van der Waals surface area (Å²) in [6, 6.07) is 4.38. The van der Waals surface area contributed by atoms with Gasteiger partial charge in [0.2, 0.25) is 5.91 Å². The monoisotopic (exact) mass is 653 g/mol. The zero-order valence-electron chi connectivity index (χ0n) is 25.0. The van der Waals surface area contributed by atoms with Crippen LogP contribution in [0, 0.1) is 5.92 Å². The van der Waals surface area contributed by atoms with Gasteiger partial charge in [0.15, 0.2) is 5.11 Å². The number of carbonyl (C=O) groups excluding carboxylic acids is 3. The second-order valence-electron chi connectivity index (χ2n) is 11.0. The van der Waals surface area contributed by atoms with Gasteiger partial charge in [-0.3, -0.25) is 19.7 Å². The van der Waals surface area contributed by atoms with Crippen LogP contribution in [0.3, 0.4) is 0 Å². The fourth-order valence-corrected chi connectivity index (χ4v) is 5.27. The van der Waals surface area contributed by atoms with Crippen LogP contribution in [0.25, 0.3) is 0 Å². The molecule has 0 radical (unpaired) electrons. The molecule has 1 aliphatic rings. The molecule has 1 saturated heterocycles. The van der Waals surface area contributed by atoms with Crippen molar-refractivity contribution in [3.8, 4) is 5.75 Å². The van der Waals surface area contributed by atoms with Crippen LogP contribution in [-0.2, 0) is 14.3 Å². The number of benzene rings is 1. The Hall–Kier alpha value is -2.20. The van der Waals surface area contributed by atoms with Crippen LogP contribution in [0.1, 0.15) is 108 Å². The summed E-state index contributed by atoms with van der Waals surface area (Å²) < 4.78 is 12.0. The van der Waals surface area contributed by atoms with Crippen molar-refractivity contribution in [3.63, 3.8) is 0 Å². The third kappa shape index (κ3) is 13.5. The lowest BCUT2D eigenvalue weighted by Gasteiger charge is -2.36. The van der Waals surface area contributed by atoms with Gasteiger partial charge in [-0.05, 0) is 49.2 Å². The molecule has 0 aromatic heterocycles. The molecule has 2 rings (SSSR count). The first-order chi connectivity index (χ1) is 19.7. The van der Waals surface area contributed by atoms with E-state index in [4.69, 9.17) is 21.7 Å². The first-order valence-corrected chi connectivity index (χ1v) is 16.4. The Balaban J connectivity index is 1.82. The van der Waals surface area contributed by atoms with Crippen molar-refractivity contribution in [3.05, 3.63) is 28.2 Å². The number of piperazine rings is 1. The number of nitrogens with one attached hydrogen (secondary N) is 2. The van der Waals surface area contributed by atoms with Crippen molar-refractivity contribution in [2.75, 3.05) is 26.3 Å². The maximum absolute atomic E-state index is 13.2. The van der Waals surface area contributed by atoms with Crippen molar-refractivity contribution in [1.82, 2.24) is 15.5 Å². The molecule has 1 unspecified atom stereocenters. The molecule has 1 fully saturated rings. The predicted molar refractivity (Wildman–Crippen MR) is 170 cm³/mol. The first kappa shape index (κ1) is 35.0. The summed E-state index contributed by atoms with van der Waals surface area (Å²) in [6.45, 7) is 8.00. The minimum Gasteiger partial charge on any atom is -0.493 e. The van der Waals surface area contributed by atoms with E-state index in [1.54, 1.807) is 17.0 Å². The molecular formula is C31H48BrN3O5S. The molecule has 41 heavy (non-hydrogen) atoms. The van der Waals surface area contributed by atoms with E-state index in [0.29, 0.717) is 43.5 Å². The highest BCUT2D eigenvalue weighted by molar-refractivity contribution is 9.10. The summed E-state index contributed by atoms with van der Waals surface area (Å²) in [4.78, 5) is 40.0. The molecule has 2 N–H and O–H groups in total. The zero-order valence-corrected chi connectivity index (χ0v) is 27.4. The SMILES string of the molecule is CCCCCCCCCCCCOC(=O)CC1C(=O)NCCN1C(=S)NC(=O)c1cc(Br)ccc1OCCC(C)C. The molecule has 1 aromatic carbocycles. The third-order valence-electron chi connectivity index (χ3n) is 7.07. The fourth-order valence-electron chi connectivity index (χ4n) is 4.60. The molecule has 1 heterocycles. The van der Waals surface area contributed by atoms with Crippen LogP contribution < -0.4 is 15.4 Å². The van der Waals surface area contributed by atoms with Gasteiger partial charge in [-0.25, -0.2) is 0 Å².